The number of ether oxygens (including phenoxy) is 1. The number of anilines is 1. The van der Waals surface area contributed by atoms with Gasteiger partial charge in [-0.25, -0.2) is 0 Å². The Balaban J connectivity index is 2.24. The fourth-order valence-electron chi connectivity index (χ4n) is 2.22. The van der Waals surface area contributed by atoms with Crippen molar-refractivity contribution in [1.82, 2.24) is 9.78 Å². The summed E-state index contributed by atoms with van der Waals surface area (Å²) in [7, 11) is 3.47. The maximum absolute atomic E-state index is 6.25. The van der Waals surface area contributed by atoms with Gasteiger partial charge in [0.15, 0.2) is 0 Å². The molecule has 2 heterocycles. The Morgan fingerprint density at radius 3 is 2.81 bits per heavy atom. The zero-order chi connectivity index (χ0) is 15.0. The standard InChI is InChI=1S/C15H14ClN3OS/c1-19-15(17)12(9-4-3-5-10(8-9)20-2)13(18-19)14-11(16)6-7-21-14/h3-8H,17H2,1-2H3. The highest BCUT2D eigenvalue weighted by molar-refractivity contribution is 7.14. The van der Waals surface area contributed by atoms with Gasteiger partial charge in [-0.3, -0.25) is 4.68 Å². The molecular formula is C15H14ClN3OS. The molecule has 0 saturated carbocycles. The number of methoxy groups -OCH3 is 1. The van der Waals surface area contributed by atoms with Crippen molar-refractivity contribution in [3.63, 3.8) is 0 Å². The van der Waals surface area contributed by atoms with E-state index in [1.807, 2.05) is 42.8 Å². The maximum Gasteiger partial charge on any atom is 0.129 e. The van der Waals surface area contributed by atoms with Crippen LogP contribution < -0.4 is 10.5 Å². The maximum atomic E-state index is 6.25. The van der Waals surface area contributed by atoms with Crippen molar-refractivity contribution >= 4 is 28.8 Å². The number of rotatable bonds is 3. The lowest BCUT2D eigenvalue weighted by molar-refractivity contribution is 0.415. The highest BCUT2D eigenvalue weighted by atomic mass is 35.5. The molecule has 0 amide bonds. The summed E-state index contributed by atoms with van der Waals surface area (Å²) in [5.74, 6) is 1.38. The van der Waals surface area contributed by atoms with Crippen LogP contribution in [0.3, 0.4) is 0 Å². The summed E-state index contributed by atoms with van der Waals surface area (Å²) in [5.41, 5.74) is 8.83. The summed E-state index contributed by atoms with van der Waals surface area (Å²) >= 11 is 7.80. The van der Waals surface area contributed by atoms with Crippen LogP contribution in [0.15, 0.2) is 35.7 Å². The topological polar surface area (TPSA) is 53.1 Å². The van der Waals surface area contributed by atoms with E-state index in [4.69, 9.17) is 22.1 Å². The quantitative estimate of drug-likeness (QED) is 0.792. The number of aromatic nitrogens is 2. The fourth-order valence-corrected chi connectivity index (χ4v) is 3.36. The van der Waals surface area contributed by atoms with E-state index < -0.39 is 0 Å². The lowest BCUT2D eigenvalue weighted by Gasteiger charge is -2.06. The Kier molecular flexibility index (Phi) is 3.61. The van der Waals surface area contributed by atoms with Gasteiger partial charge in [0.1, 0.15) is 17.3 Å². The fraction of sp³-hybridized carbons (Fsp3) is 0.133. The van der Waals surface area contributed by atoms with Crippen LogP contribution in [0.4, 0.5) is 5.82 Å². The van der Waals surface area contributed by atoms with Crippen LogP contribution in [0.2, 0.25) is 5.02 Å². The van der Waals surface area contributed by atoms with Crippen LogP contribution in [0.5, 0.6) is 5.75 Å². The summed E-state index contributed by atoms with van der Waals surface area (Å²) in [5, 5.41) is 7.15. The molecule has 108 valence electrons. The zero-order valence-corrected chi connectivity index (χ0v) is 13.2. The van der Waals surface area contributed by atoms with E-state index in [2.05, 4.69) is 5.10 Å². The molecular weight excluding hydrogens is 306 g/mol. The number of nitrogens with two attached hydrogens (primary N) is 1. The molecule has 6 heteroatoms. The summed E-state index contributed by atoms with van der Waals surface area (Å²) in [6.07, 6.45) is 0. The van der Waals surface area contributed by atoms with Crippen molar-refractivity contribution in [2.45, 2.75) is 0 Å². The molecule has 0 aliphatic carbocycles. The van der Waals surface area contributed by atoms with Crippen LogP contribution in [0.25, 0.3) is 21.7 Å². The van der Waals surface area contributed by atoms with Gasteiger partial charge in [0.2, 0.25) is 0 Å². The summed E-state index contributed by atoms with van der Waals surface area (Å²) in [6, 6.07) is 9.62. The van der Waals surface area contributed by atoms with Gasteiger partial charge in [0.25, 0.3) is 0 Å². The minimum atomic E-state index is 0.600. The number of hydrogen-bond acceptors (Lipinski definition) is 4. The molecule has 0 atom stereocenters. The number of thiophene rings is 1. The first-order chi connectivity index (χ1) is 10.1. The Labute approximate surface area is 131 Å². The monoisotopic (exact) mass is 319 g/mol. The average Bonchev–Trinajstić information content (AvgIpc) is 3.03. The second-order valence-electron chi connectivity index (χ2n) is 4.56. The predicted molar refractivity (Wildman–Crippen MR) is 87.9 cm³/mol. The van der Waals surface area contributed by atoms with Crippen molar-refractivity contribution < 1.29 is 4.74 Å². The summed E-state index contributed by atoms with van der Waals surface area (Å²) < 4.78 is 6.95. The van der Waals surface area contributed by atoms with Crippen molar-refractivity contribution in [3.05, 3.63) is 40.7 Å². The van der Waals surface area contributed by atoms with Crippen molar-refractivity contribution in [3.8, 4) is 27.4 Å². The van der Waals surface area contributed by atoms with E-state index in [1.54, 1.807) is 23.1 Å². The van der Waals surface area contributed by atoms with Crippen LogP contribution in [-0.2, 0) is 7.05 Å². The first kappa shape index (κ1) is 14.0. The Bertz CT molecular complexity index is 794. The Morgan fingerprint density at radius 1 is 1.33 bits per heavy atom. The normalized spacial score (nSPS) is 10.8. The molecule has 0 fully saturated rings. The average molecular weight is 320 g/mol. The lowest BCUT2D eigenvalue weighted by Crippen LogP contribution is -1.98. The minimum Gasteiger partial charge on any atom is -0.497 e. The predicted octanol–water partition coefficient (Wildman–Crippen LogP) is 4.06. The number of nitrogen functional groups attached to an aromatic ring is 1. The van der Waals surface area contributed by atoms with Gasteiger partial charge in [0, 0.05) is 7.05 Å². The third-order valence-electron chi connectivity index (χ3n) is 3.28. The van der Waals surface area contributed by atoms with Gasteiger partial charge < -0.3 is 10.5 Å². The summed E-state index contributed by atoms with van der Waals surface area (Å²) in [6.45, 7) is 0. The summed E-state index contributed by atoms with van der Waals surface area (Å²) in [4.78, 5) is 0.918. The van der Waals surface area contributed by atoms with Crippen LogP contribution >= 0.6 is 22.9 Å². The Hall–Kier alpha value is -1.98. The third-order valence-corrected chi connectivity index (χ3v) is 4.63. The molecule has 0 unspecified atom stereocenters. The lowest BCUT2D eigenvalue weighted by atomic mass is 10.0. The van der Waals surface area contributed by atoms with E-state index in [-0.39, 0.29) is 0 Å². The highest BCUT2D eigenvalue weighted by Crippen LogP contribution is 2.41. The van der Waals surface area contributed by atoms with Gasteiger partial charge >= 0.3 is 0 Å². The molecule has 4 nitrogen and oxygen atoms in total. The molecule has 1 aromatic carbocycles. The first-order valence-corrected chi connectivity index (χ1v) is 7.58. The number of nitrogens with zero attached hydrogens (tertiary/aromatic N) is 2. The highest BCUT2D eigenvalue weighted by Gasteiger charge is 2.20. The van der Waals surface area contributed by atoms with Crippen LogP contribution in [0, 0.1) is 0 Å². The molecule has 21 heavy (non-hydrogen) atoms. The molecule has 2 aromatic heterocycles. The molecule has 0 aliphatic heterocycles. The largest absolute Gasteiger partial charge is 0.497 e. The molecule has 0 spiro atoms. The molecule has 3 aromatic rings. The van der Waals surface area contributed by atoms with Gasteiger partial charge in [-0.05, 0) is 29.1 Å². The molecule has 3 rings (SSSR count). The number of aryl methyl sites for hydroxylation is 1. The van der Waals surface area contributed by atoms with E-state index in [9.17, 15) is 0 Å². The van der Waals surface area contributed by atoms with Gasteiger partial charge in [-0.2, -0.15) is 5.10 Å². The van der Waals surface area contributed by atoms with E-state index in [0.29, 0.717) is 10.8 Å². The second-order valence-corrected chi connectivity index (χ2v) is 5.89. The Morgan fingerprint density at radius 2 is 2.14 bits per heavy atom. The smallest absolute Gasteiger partial charge is 0.129 e. The van der Waals surface area contributed by atoms with E-state index in [0.717, 1.165) is 27.4 Å². The second kappa shape index (κ2) is 5.42. The molecule has 0 bridgehead atoms. The van der Waals surface area contributed by atoms with Gasteiger partial charge in [0.05, 0.1) is 22.6 Å². The molecule has 0 aliphatic rings. The van der Waals surface area contributed by atoms with E-state index in [1.165, 1.54) is 0 Å². The van der Waals surface area contributed by atoms with Crippen LogP contribution in [-0.4, -0.2) is 16.9 Å². The van der Waals surface area contributed by atoms with Crippen molar-refractivity contribution in [2.75, 3.05) is 12.8 Å². The molecule has 2 N–H and O–H groups in total. The van der Waals surface area contributed by atoms with Crippen molar-refractivity contribution in [2.24, 2.45) is 7.05 Å². The van der Waals surface area contributed by atoms with Crippen LogP contribution in [0.1, 0.15) is 0 Å². The molecule has 0 radical (unpaired) electrons. The SMILES string of the molecule is COc1cccc(-c2c(-c3sccc3Cl)nn(C)c2N)c1. The molecule has 0 saturated heterocycles. The third kappa shape index (κ3) is 2.39. The number of hydrogen-bond donors (Lipinski definition) is 1. The minimum absolute atomic E-state index is 0.600. The zero-order valence-electron chi connectivity index (χ0n) is 11.6. The number of halogens is 1. The van der Waals surface area contributed by atoms with Crippen molar-refractivity contribution in [1.29, 1.82) is 0 Å². The first-order valence-electron chi connectivity index (χ1n) is 6.32. The van der Waals surface area contributed by atoms with Gasteiger partial charge in [-0.15, -0.1) is 11.3 Å². The van der Waals surface area contributed by atoms with E-state index >= 15 is 0 Å². The van der Waals surface area contributed by atoms with Gasteiger partial charge in [-0.1, -0.05) is 23.7 Å². The number of benzene rings is 1.